The summed E-state index contributed by atoms with van der Waals surface area (Å²) in [6.07, 6.45) is 6.19. The van der Waals surface area contributed by atoms with E-state index in [9.17, 15) is 14.0 Å². The van der Waals surface area contributed by atoms with Gasteiger partial charge in [0.1, 0.15) is 5.82 Å². The standard InChI is InChI=1S/C19H24FNO3/c1-24-18(22)11-13-5-7-16(8-6-13)21(17-9-10-17)19(23)14-3-2-4-15(20)12-14/h2-4,12-13,16-17H,5-11H2,1H3. The van der Waals surface area contributed by atoms with Gasteiger partial charge in [0.05, 0.1) is 7.11 Å². The van der Waals surface area contributed by atoms with Gasteiger partial charge in [0.2, 0.25) is 0 Å². The predicted octanol–water partition coefficient (Wildman–Crippen LogP) is 3.55. The molecule has 0 atom stereocenters. The molecule has 1 aromatic carbocycles. The molecule has 0 unspecified atom stereocenters. The summed E-state index contributed by atoms with van der Waals surface area (Å²) in [5.74, 6) is -0.251. The van der Waals surface area contributed by atoms with E-state index < -0.39 is 0 Å². The lowest BCUT2D eigenvalue weighted by atomic mass is 9.83. The molecule has 0 radical (unpaired) electrons. The van der Waals surface area contributed by atoms with Crippen LogP contribution >= 0.6 is 0 Å². The molecule has 2 fully saturated rings. The molecule has 130 valence electrons. The van der Waals surface area contributed by atoms with Gasteiger partial charge in [-0.1, -0.05) is 6.07 Å². The Balaban J connectivity index is 1.65. The Morgan fingerprint density at radius 2 is 1.75 bits per heavy atom. The summed E-state index contributed by atoms with van der Waals surface area (Å²) in [5, 5.41) is 0. The number of esters is 1. The Kier molecular flexibility index (Phi) is 5.17. The van der Waals surface area contributed by atoms with Crippen molar-refractivity contribution in [3.05, 3.63) is 35.6 Å². The summed E-state index contributed by atoms with van der Waals surface area (Å²) in [5.41, 5.74) is 0.429. The lowest BCUT2D eigenvalue weighted by Crippen LogP contribution is -2.44. The number of carbonyl (C=O) groups excluding carboxylic acids is 2. The predicted molar refractivity (Wildman–Crippen MR) is 88.0 cm³/mol. The van der Waals surface area contributed by atoms with E-state index in [-0.39, 0.29) is 23.7 Å². The van der Waals surface area contributed by atoms with E-state index in [1.807, 2.05) is 4.90 Å². The minimum absolute atomic E-state index is 0.0617. The van der Waals surface area contributed by atoms with Crippen LogP contribution in [0.1, 0.15) is 55.3 Å². The van der Waals surface area contributed by atoms with Crippen molar-refractivity contribution in [2.45, 2.75) is 57.0 Å². The van der Waals surface area contributed by atoms with E-state index in [2.05, 4.69) is 0 Å². The summed E-state index contributed by atoms with van der Waals surface area (Å²) < 4.78 is 18.2. The van der Waals surface area contributed by atoms with Crippen molar-refractivity contribution in [3.8, 4) is 0 Å². The molecule has 0 aromatic heterocycles. The first-order valence-electron chi connectivity index (χ1n) is 8.73. The largest absolute Gasteiger partial charge is 0.469 e. The average molecular weight is 333 g/mol. The van der Waals surface area contributed by atoms with Gasteiger partial charge in [0, 0.05) is 24.1 Å². The lowest BCUT2D eigenvalue weighted by Gasteiger charge is -2.37. The average Bonchev–Trinajstić information content (AvgIpc) is 3.41. The second-order valence-corrected chi connectivity index (χ2v) is 6.91. The number of hydrogen-bond donors (Lipinski definition) is 0. The summed E-state index contributed by atoms with van der Waals surface area (Å²) >= 11 is 0. The van der Waals surface area contributed by atoms with Gasteiger partial charge < -0.3 is 9.64 Å². The number of methoxy groups -OCH3 is 1. The first kappa shape index (κ1) is 16.9. The van der Waals surface area contributed by atoms with E-state index in [1.165, 1.54) is 19.2 Å². The fraction of sp³-hybridized carbons (Fsp3) is 0.579. The minimum atomic E-state index is -0.376. The Labute approximate surface area is 142 Å². The van der Waals surface area contributed by atoms with E-state index in [0.717, 1.165) is 38.5 Å². The van der Waals surface area contributed by atoms with Crippen LogP contribution in [-0.2, 0) is 9.53 Å². The topological polar surface area (TPSA) is 46.6 Å². The molecular weight excluding hydrogens is 309 g/mol. The van der Waals surface area contributed by atoms with Gasteiger partial charge in [-0.15, -0.1) is 0 Å². The van der Waals surface area contributed by atoms with Crippen LogP contribution in [0.3, 0.4) is 0 Å². The van der Waals surface area contributed by atoms with Crippen LogP contribution in [0.5, 0.6) is 0 Å². The maximum Gasteiger partial charge on any atom is 0.305 e. The summed E-state index contributed by atoms with van der Waals surface area (Å²) in [4.78, 5) is 26.3. The van der Waals surface area contributed by atoms with Crippen molar-refractivity contribution >= 4 is 11.9 Å². The van der Waals surface area contributed by atoms with Crippen LogP contribution < -0.4 is 0 Å². The molecule has 0 aliphatic heterocycles. The Bertz CT molecular complexity index is 606. The third-order valence-corrected chi connectivity index (χ3v) is 5.14. The van der Waals surface area contributed by atoms with Crippen molar-refractivity contribution in [1.29, 1.82) is 0 Å². The number of carbonyl (C=O) groups is 2. The molecule has 1 amide bonds. The zero-order chi connectivity index (χ0) is 17.1. The quantitative estimate of drug-likeness (QED) is 0.774. The molecule has 0 saturated heterocycles. The first-order chi connectivity index (χ1) is 11.6. The van der Waals surface area contributed by atoms with Gasteiger partial charge in [-0.2, -0.15) is 0 Å². The number of nitrogens with zero attached hydrogens (tertiary/aromatic N) is 1. The molecule has 3 rings (SSSR count). The zero-order valence-electron chi connectivity index (χ0n) is 14.0. The number of halogens is 1. The number of hydrogen-bond acceptors (Lipinski definition) is 3. The van der Waals surface area contributed by atoms with Gasteiger partial charge in [0.15, 0.2) is 0 Å². The molecular formula is C19H24FNO3. The molecule has 4 nitrogen and oxygen atoms in total. The Morgan fingerprint density at radius 3 is 2.29 bits per heavy atom. The number of ether oxygens (including phenoxy) is 1. The van der Waals surface area contributed by atoms with Crippen molar-refractivity contribution in [1.82, 2.24) is 4.90 Å². The van der Waals surface area contributed by atoms with Crippen molar-refractivity contribution < 1.29 is 18.7 Å². The molecule has 0 spiro atoms. The SMILES string of the molecule is COC(=O)CC1CCC(N(C(=O)c2cccc(F)c2)C2CC2)CC1. The molecule has 2 aliphatic carbocycles. The van der Waals surface area contributed by atoms with Crippen LogP contribution in [0.2, 0.25) is 0 Å². The van der Waals surface area contributed by atoms with Crippen LogP contribution in [-0.4, -0.2) is 36.0 Å². The van der Waals surface area contributed by atoms with E-state index >= 15 is 0 Å². The van der Waals surface area contributed by atoms with E-state index in [4.69, 9.17) is 4.74 Å². The highest BCUT2D eigenvalue weighted by Crippen LogP contribution is 2.37. The maximum atomic E-state index is 13.4. The van der Waals surface area contributed by atoms with Crippen molar-refractivity contribution in [2.24, 2.45) is 5.92 Å². The molecule has 0 bridgehead atoms. The normalized spacial score (nSPS) is 23.6. The smallest absolute Gasteiger partial charge is 0.305 e. The molecule has 0 heterocycles. The zero-order valence-corrected chi connectivity index (χ0v) is 14.0. The summed E-state index contributed by atoms with van der Waals surface area (Å²) in [7, 11) is 1.42. The maximum absolute atomic E-state index is 13.4. The van der Waals surface area contributed by atoms with Crippen LogP contribution in [0.25, 0.3) is 0 Å². The third-order valence-electron chi connectivity index (χ3n) is 5.14. The highest BCUT2D eigenvalue weighted by molar-refractivity contribution is 5.94. The van der Waals surface area contributed by atoms with Gasteiger partial charge in [-0.05, 0) is 62.6 Å². The molecule has 1 aromatic rings. The highest BCUT2D eigenvalue weighted by atomic mass is 19.1. The second kappa shape index (κ2) is 7.32. The van der Waals surface area contributed by atoms with Crippen molar-refractivity contribution in [2.75, 3.05) is 7.11 Å². The fourth-order valence-electron chi connectivity index (χ4n) is 3.70. The van der Waals surface area contributed by atoms with Crippen LogP contribution in [0.4, 0.5) is 4.39 Å². The number of rotatable bonds is 5. The Morgan fingerprint density at radius 1 is 1.12 bits per heavy atom. The molecule has 0 N–H and O–H groups in total. The number of benzene rings is 1. The lowest BCUT2D eigenvalue weighted by molar-refractivity contribution is -0.142. The summed E-state index contributed by atoms with van der Waals surface area (Å²) in [6.45, 7) is 0. The van der Waals surface area contributed by atoms with Gasteiger partial charge in [0.25, 0.3) is 5.91 Å². The van der Waals surface area contributed by atoms with E-state index in [0.29, 0.717) is 23.9 Å². The van der Waals surface area contributed by atoms with E-state index in [1.54, 1.807) is 12.1 Å². The van der Waals surface area contributed by atoms with Gasteiger partial charge >= 0.3 is 5.97 Å². The Hall–Kier alpha value is -1.91. The minimum Gasteiger partial charge on any atom is -0.469 e. The number of amides is 1. The van der Waals surface area contributed by atoms with Crippen LogP contribution in [0, 0.1) is 11.7 Å². The van der Waals surface area contributed by atoms with Crippen molar-refractivity contribution in [3.63, 3.8) is 0 Å². The highest BCUT2D eigenvalue weighted by Gasteiger charge is 2.39. The monoisotopic (exact) mass is 333 g/mol. The molecule has 2 aliphatic rings. The second-order valence-electron chi connectivity index (χ2n) is 6.91. The summed E-state index contributed by atoms with van der Waals surface area (Å²) in [6, 6.07) is 6.44. The molecule has 24 heavy (non-hydrogen) atoms. The fourth-order valence-corrected chi connectivity index (χ4v) is 3.70. The van der Waals surface area contributed by atoms with Crippen LogP contribution in [0.15, 0.2) is 24.3 Å². The first-order valence-corrected chi connectivity index (χ1v) is 8.73. The third kappa shape index (κ3) is 3.94. The molecule has 2 saturated carbocycles. The van der Waals surface area contributed by atoms with Gasteiger partial charge in [-0.25, -0.2) is 4.39 Å². The molecule has 5 heteroatoms. The van der Waals surface area contributed by atoms with Gasteiger partial charge in [-0.3, -0.25) is 9.59 Å².